The van der Waals surface area contributed by atoms with Gasteiger partial charge in [0, 0.05) is 20.6 Å². The van der Waals surface area contributed by atoms with Gasteiger partial charge in [-0.25, -0.2) is 4.79 Å². The van der Waals surface area contributed by atoms with E-state index in [2.05, 4.69) is 0 Å². The second kappa shape index (κ2) is 4.49. The van der Waals surface area contributed by atoms with Crippen molar-refractivity contribution in [1.82, 2.24) is 9.80 Å². The molecule has 17 heavy (non-hydrogen) atoms. The number of aromatic hydroxyl groups is 1. The number of phenolic OH excluding ortho intramolecular Hbond substituents is 1. The highest BCUT2D eigenvalue weighted by molar-refractivity contribution is 5.75. The highest BCUT2D eigenvalue weighted by Crippen LogP contribution is 2.29. The lowest BCUT2D eigenvalue weighted by atomic mass is 10.1. The van der Waals surface area contributed by atoms with E-state index >= 15 is 0 Å². The second-order valence-corrected chi connectivity index (χ2v) is 4.30. The highest BCUT2D eigenvalue weighted by Gasteiger charge is 2.27. The minimum Gasteiger partial charge on any atom is -0.508 e. The maximum atomic E-state index is 12.0. The van der Waals surface area contributed by atoms with Crippen LogP contribution in [0.4, 0.5) is 4.79 Å². The lowest BCUT2D eigenvalue weighted by molar-refractivity contribution is 0.170. The van der Waals surface area contributed by atoms with Crippen LogP contribution in [0.2, 0.25) is 0 Å². The Morgan fingerprint density at radius 3 is 2.88 bits per heavy atom. The number of urea groups is 1. The van der Waals surface area contributed by atoms with Gasteiger partial charge in [0.15, 0.2) is 0 Å². The van der Waals surface area contributed by atoms with Crippen LogP contribution in [0.25, 0.3) is 0 Å². The summed E-state index contributed by atoms with van der Waals surface area (Å²) in [6.07, 6.45) is 3.95. The Hall–Kier alpha value is -1.97. The van der Waals surface area contributed by atoms with Gasteiger partial charge in [-0.3, -0.25) is 0 Å². The fraction of sp³-hybridized carbons (Fsp3) is 0.308. The molecule has 2 amide bonds. The molecule has 1 aromatic rings. The Balaban J connectivity index is 2.25. The first-order chi connectivity index (χ1) is 8.09. The third kappa shape index (κ3) is 2.25. The molecule has 1 heterocycles. The number of amides is 2. The summed E-state index contributed by atoms with van der Waals surface area (Å²) in [5.74, 6) is 0.222. The van der Waals surface area contributed by atoms with Crippen LogP contribution in [-0.2, 0) is 0 Å². The van der Waals surface area contributed by atoms with Gasteiger partial charge in [0.25, 0.3) is 0 Å². The predicted molar refractivity (Wildman–Crippen MR) is 65.8 cm³/mol. The molecule has 0 bridgehead atoms. The van der Waals surface area contributed by atoms with Crippen LogP contribution < -0.4 is 0 Å². The van der Waals surface area contributed by atoms with E-state index in [1.54, 1.807) is 42.1 Å². The summed E-state index contributed by atoms with van der Waals surface area (Å²) in [5, 5.41) is 9.47. The molecule has 0 aliphatic carbocycles. The van der Waals surface area contributed by atoms with Crippen molar-refractivity contribution in [2.24, 2.45) is 0 Å². The molecule has 1 unspecified atom stereocenters. The highest BCUT2D eigenvalue weighted by atomic mass is 16.3. The first kappa shape index (κ1) is 11.5. The average Bonchev–Trinajstić information content (AvgIpc) is 2.76. The van der Waals surface area contributed by atoms with Crippen LogP contribution in [0.5, 0.6) is 5.75 Å². The number of benzene rings is 1. The van der Waals surface area contributed by atoms with Crippen molar-refractivity contribution in [1.29, 1.82) is 0 Å². The molecule has 90 valence electrons. The predicted octanol–water partition coefficient (Wildman–Crippen LogP) is 1.99. The summed E-state index contributed by atoms with van der Waals surface area (Å²) in [6.45, 7) is 0.608. The number of hydrogen-bond donors (Lipinski definition) is 1. The van der Waals surface area contributed by atoms with Crippen LogP contribution in [0.1, 0.15) is 11.6 Å². The zero-order valence-corrected chi connectivity index (χ0v) is 10.00. The van der Waals surface area contributed by atoms with Crippen LogP contribution in [-0.4, -0.2) is 41.6 Å². The van der Waals surface area contributed by atoms with E-state index in [0.29, 0.717) is 6.54 Å². The lowest BCUT2D eigenvalue weighted by Gasteiger charge is -2.28. The summed E-state index contributed by atoms with van der Waals surface area (Å²) in [4.78, 5) is 15.3. The number of phenols is 1. The Kier molecular flexibility index (Phi) is 3.04. The number of rotatable bonds is 1. The summed E-state index contributed by atoms with van der Waals surface area (Å²) in [5.41, 5.74) is 0.925. The van der Waals surface area contributed by atoms with Crippen LogP contribution >= 0.6 is 0 Å². The molecule has 2 rings (SSSR count). The molecule has 0 aromatic heterocycles. The number of carbonyl (C=O) groups excluding carboxylic acids is 1. The van der Waals surface area contributed by atoms with Crippen molar-refractivity contribution in [3.05, 3.63) is 42.0 Å². The molecule has 1 aliphatic heterocycles. The third-order valence-electron chi connectivity index (χ3n) is 2.80. The molecule has 0 saturated carbocycles. The van der Waals surface area contributed by atoms with Gasteiger partial charge in [0.1, 0.15) is 5.75 Å². The van der Waals surface area contributed by atoms with E-state index in [4.69, 9.17) is 0 Å². The Bertz CT molecular complexity index is 454. The zero-order chi connectivity index (χ0) is 12.4. The van der Waals surface area contributed by atoms with Crippen molar-refractivity contribution in [3.63, 3.8) is 0 Å². The maximum absolute atomic E-state index is 12.0. The van der Waals surface area contributed by atoms with Crippen LogP contribution in [0.15, 0.2) is 36.4 Å². The smallest absolute Gasteiger partial charge is 0.320 e. The van der Waals surface area contributed by atoms with Crippen molar-refractivity contribution < 1.29 is 9.90 Å². The maximum Gasteiger partial charge on any atom is 0.320 e. The first-order valence-corrected chi connectivity index (χ1v) is 5.53. The van der Waals surface area contributed by atoms with Gasteiger partial charge in [-0.1, -0.05) is 24.3 Å². The van der Waals surface area contributed by atoms with Gasteiger partial charge in [0.05, 0.1) is 6.04 Å². The largest absolute Gasteiger partial charge is 0.508 e. The molecule has 0 spiro atoms. The summed E-state index contributed by atoms with van der Waals surface area (Å²) in [7, 11) is 3.47. The minimum atomic E-state index is -0.0861. The Labute approximate surface area is 101 Å². The quantitative estimate of drug-likeness (QED) is 0.752. The van der Waals surface area contributed by atoms with Gasteiger partial charge in [-0.15, -0.1) is 0 Å². The van der Waals surface area contributed by atoms with Crippen molar-refractivity contribution in [3.8, 4) is 5.75 Å². The molecule has 0 saturated heterocycles. The molecule has 1 N–H and O–H groups in total. The van der Waals surface area contributed by atoms with E-state index in [9.17, 15) is 9.90 Å². The van der Waals surface area contributed by atoms with Gasteiger partial charge in [0.2, 0.25) is 0 Å². The topological polar surface area (TPSA) is 43.8 Å². The molecular weight excluding hydrogens is 216 g/mol. The van der Waals surface area contributed by atoms with E-state index in [1.807, 2.05) is 18.2 Å². The van der Waals surface area contributed by atoms with E-state index in [0.717, 1.165) is 5.56 Å². The number of carbonyl (C=O) groups is 1. The van der Waals surface area contributed by atoms with E-state index < -0.39 is 0 Å². The molecule has 0 fully saturated rings. The summed E-state index contributed by atoms with van der Waals surface area (Å²) in [6, 6.07) is 6.90. The fourth-order valence-electron chi connectivity index (χ4n) is 1.97. The van der Waals surface area contributed by atoms with Gasteiger partial charge in [-0.05, 0) is 17.7 Å². The monoisotopic (exact) mass is 232 g/mol. The first-order valence-electron chi connectivity index (χ1n) is 5.53. The molecule has 4 heteroatoms. The van der Waals surface area contributed by atoms with E-state index in [-0.39, 0.29) is 17.8 Å². The fourth-order valence-corrected chi connectivity index (χ4v) is 1.97. The van der Waals surface area contributed by atoms with Crippen molar-refractivity contribution in [2.75, 3.05) is 20.6 Å². The summed E-state index contributed by atoms with van der Waals surface area (Å²) >= 11 is 0. The normalized spacial score (nSPS) is 18.5. The Morgan fingerprint density at radius 2 is 2.24 bits per heavy atom. The Morgan fingerprint density at radius 1 is 1.47 bits per heavy atom. The molecule has 1 atom stereocenters. The lowest BCUT2D eigenvalue weighted by Crippen LogP contribution is -2.39. The van der Waals surface area contributed by atoms with Crippen LogP contribution in [0, 0.1) is 0 Å². The number of nitrogens with zero attached hydrogens (tertiary/aromatic N) is 2. The molecule has 1 aromatic carbocycles. The molecule has 0 radical (unpaired) electrons. The standard InChI is InChI=1S/C13H16N2O2/c1-14(2)13(17)15-8-4-7-12(15)10-5-3-6-11(16)9-10/h3-7,9,12,16H,8H2,1-2H3. The third-order valence-corrected chi connectivity index (χ3v) is 2.80. The minimum absolute atomic E-state index is 0.0247. The van der Waals surface area contributed by atoms with Crippen molar-refractivity contribution >= 4 is 6.03 Å². The zero-order valence-electron chi connectivity index (χ0n) is 10.00. The molecule has 1 aliphatic rings. The van der Waals surface area contributed by atoms with Gasteiger partial charge < -0.3 is 14.9 Å². The second-order valence-electron chi connectivity index (χ2n) is 4.30. The molecular formula is C13H16N2O2. The average molecular weight is 232 g/mol. The van der Waals surface area contributed by atoms with Gasteiger partial charge in [-0.2, -0.15) is 0 Å². The summed E-state index contributed by atoms with van der Waals surface area (Å²) < 4.78 is 0. The SMILES string of the molecule is CN(C)C(=O)N1CC=CC1c1cccc(O)c1. The molecule has 4 nitrogen and oxygen atoms in total. The van der Waals surface area contributed by atoms with E-state index in [1.165, 1.54) is 0 Å². The van der Waals surface area contributed by atoms with Crippen molar-refractivity contribution in [2.45, 2.75) is 6.04 Å². The van der Waals surface area contributed by atoms with Crippen LogP contribution in [0.3, 0.4) is 0 Å². The van der Waals surface area contributed by atoms with Gasteiger partial charge >= 0.3 is 6.03 Å². The number of hydrogen-bond acceptors (Lipinski definition) is 2.